The van der Waals surface area contributed by atoms with Crippen LogP contribution in [0.4, 0.5) is 0 Å². The van der Waals surface area contributed by atoms with Gasteiger partial charge in [-0.05, 0) is 19.1 Å². The van der Waals surface area contributed by atoms with Crippen molar-refractivity contribution in [1.82, 2.24) is 9.88 Å². The summed E-state index contributed by atoms with van der Waals surface area (Å²) in [5, 5.41) is 2.79. The molecule has 0 aromatic carbocycles. The van der Waals surface area contributed by atoms with Crippen molar-refractivity contribution in [3.05, 3.63) is 36.2 Å². The standard InChI is InChI=1S/C11H17N3O/c1-2-14-9-5-6-10(14)11(15)13-8-4-3-7-12/h3-6,9H,2,7-8,12H2,1H3,(H,13,15)/b4-3+. The van der Waals surface area contributed by atoms with Gasteiger partial charge in [-0.2, -0.15) is 0 Å². The lowest BCUT2D eigenvalue weighted by Crippen LogP contribution is -2.25. The highest BCUT2D eigenvalue weighted by Crippen LogP contribution is 2.01. The van der Waals surface area contributed by atoms with Gasteiger partial charge < -0.3 is 15.6 Å². The lowest BCUT2D eigenvalue weighted by Gasteiger charge is -2.05. The summed E-state index contributed by atoms with van der Waals surface area (Å²) in [6, 6.07) is 3.68. The highest BCUT2D eigenvalue weighted by Gasteiger charge is 2.07. The SMILES string of the molecule is CCn1cccc1C(=O)NC/C=C/CN. The van der Waals surface area contributed by atoms with E-state index in [1.807, 2.05) is 42.0 Å². The van der Waals surface area contributed by atoms with Gasteiger partial charge in [0.25, 0.3) is 5.91 Å². The van der Waals surface area contributed by atoms with Crippen molar-refractivity contribution in [2.45, 2.75) is 13.5 Å². The molecule has 1 rings (SSSR count). The molecule has 0 unspecified atom stereocenters. The summed E-state index contributed by atoms with van der Waals surface area (Å²) in [6.07, 6.45) is 5.56. The average molecular weight is 207 g/mol. The van der Waals surface area contributed by atoms with Gasteiger partial charge in [-0.3, -0.25) is 4.79 Å². The summed E-state index contributed by atoms with van der Waals surface area (Å²) in [5.41, 5.74) is 5.98. The number of nitrogens with one attached hydrogen (secondary N) is 1. The first-order valence-electron chi connectivity index (χ1n) is 5.08. The first-order valence-corrected chi connectivity index (χ1v) is 5.08. The number of nitrogens with two attached hydrogens (primary N) is 1. The molecule has 0 spiro atoms. The predicted molar refractivity (Wildman–Crippen MR) is 60.6 cm³/mol. The Hall–Kier alpha value is -1.55. The fourth-order valence-electron chi connectivity index (χ4n) is 1.32. The van der Waals surface area contributed by atoms with E-state index < -0.39 is 0 Å². The molecule has 15 heavy (non-hydrogen) atoms. The molecular weight excluding hydrogens is 190 g/mol. The Morgan fingerprint density at radius 3 is 3.07 bits per heavy atom. The second-order valence-electron chi connectivity index (χ2n) is 3.10. The fraction of sp³-hybridized carbons (Fsp3) is 0.364. The molecular formula is C11H17N3O. The Kier molecular flexibility index (Phi) is 4.63. The predicted octanol–water partition coefficient (Wildman–Crippen LogP) is 0.753. The van der Waals surface area contributed by atoms with Crippen molar-refractivity contribution < 1.29 is 4.79 Å². The maximum atomic E-state index is 11.7. The number of carbonyl (C=O) groups excluding carboxylic acids is 1. The first kappa shape index (κ1) is 11.5. The molecule has 1 aromatic rings. The molecule has 0 saturated heterocycles. The molecule has 0 aliphatic carbocycles. The smallest absolute Gasteiger partial charge is 0.268 e. The molecule has 0 bridgehead atoms. The minimum absolute atomic E-state index is 0.0523. The van der Waals surface area contributed by atoms with E-state index in [2.05, 4.69) is 5.32 Å². The number of amides is 1. The third-order valence-electron chi connectivity index (χ3n) is 2.09. The van der Waals surface area contributed by atoms with Gasteiger partial charge in [0.15, 0.2) is 0 Å². The molecule has 0 fully saturated rings. The van der Waals surface area contributed by atoms with E-state index in [0.29, 0.717) is 18.8 Å². The van der Waals surface area contributed by atoms with E-state index >= 15 is 0 Å². The number of hydrogen-bond donors (Lipinski definition) is 2. The summed E-state index contributed by atoms with van der Waals surface area (Å²) < 4.78 is 1.90. The van der Waals surface area contributed by atoms with Gasteiger partial charge in [0.05, 0.1) is 0 Å². The number of aryl methyl sites for hydroxylation is 1. The topological polar surface area (TPSA) is 60.0 Å². The largest absolute Gasteiger partial charge is 0.347 e. The van der Waals surface area contributed by atoms with Gasteiger partial charge in [-0.1, -0.05) is 12.2 Å². The zero-order valence-electron chi connectivity index (χ0n) is 8.94. The van der Waals surface area contributed by atoms with Crippen LogP contribution in [0.2, 0.25) is 0 Å². The molecule has 1 heterocycles. The average Bonchev–Trinajstić information content (AvgIpc) is 2.72. The Morgan fingerprint density at radius 2 is 2.40 bits per heavy atom. The minimum atomic E-state index is -0.0523. The van der Waals surface area contributed by atoms with Crippen LogP contribution in [0.1, 0.15) is 17.4 Å². The van der Waals surface area contributed by atoms with Crippen LogP contribution in [0.3, 0.4) is 0 Å². The molecule has 1 aromatic heterocycles. The molecule has 1 amide bonds. The summed E-state index contributed by atoms with van der Waals surface area (Å²) in [5.74, 6) is -0.0523. The monoisotopic (exact) mass is 207 g/mol. The summed E-state index contributed by atoms with van der Waals surface area (Å²) >= 11 is 0. The second kappa shape index (κ2) is 6.03. The van der Waals surface area contributed by atoms with E-state index in [9.17, 15) is 4.79 Å². The van der Waals surface area contributed by atoms with E-state index in [1.54, 1.807) is 0 Å². The van der Waals surface area contributed by atoms with Crippen molar-refractivity contribution >= 4 is 5.91 Å². The molecule has 0 radical (unpaired) electrons. The molecule has 0 aliphatic rings. The normalized spacial score (nSPS) is 10.8. The van der Waals surface area contributed by atoms with Gasteiger partial charge in [0.2, 0.25) is 0 Å². The van der Waals surface area contributed by atoms with Crippen molar-refractivity contribution in [2.75, 3.05) is 13.1 Å². The maximum Gasteiger partial charge on any atom is 0.268 e. The van der Waals surface area contributed by atoms with Crippen LogP contribution in [0, 0.1) is 0 Å². The zero-order chi connectivity index (χ0) is 11.1. The Labute approximate surface area is 89.8 Å². The second-order valence-corrected chi connectivity index (χ2v) is 3.10. The van der Waals surface area contributed by atoms with Crippen molar-refractivity contribution in [1.29, 1.82) is 0 Å². The number of hydrogen-bond acceptors (Lipinski definition) is 2. The van der Waals surface area contributed by atoms with Gasteiger partial charge in [-0.15, -0.1) is 0 Å². The third kappa shape index (κ3) is 3.25. The quantitative estimate of drug-likeness (QED) is 0.700. The van der Waals surface area contributed by atoms with Gasteiger partial charge in [0.1, 0.15) is 5.69 Å². The van der Waals surface area contributed by atoms with Crippen LogP contribution in [0.25, 0.3) is 0 Å². The lowest BCUT2D eigenvalue weighted by atomic mass is 10.4. The van der Waals surface area contributed by atoms with Crippen LogP contribution < -0.4 is 11.1 Å². The minimum Gasteiger partial charge on any atom is -0.347 e. The van der Waals surface area contributed by atoms with Gasteiger partial charge in [-0.25, -0.2) is 0 Å². The van der Waals surface area contributed by atoms with Crippen LogP contribution in [0.15, 0.2) is 30.5 Å². The summed E-state index contributed by atoms with van der Waals surface area (Å²) in [4.78, 5) is 11.7. The Bertz CT molecular complexity index is 341. The molecule has 3 N–H and O–H groups in total. The van der Waals surface area contributed by atoms with E-state index in [4.69, 9.17) is 5.73 Å². The molecule has 82 valence electrons. The first-order chi connectivity index (χ1) is 7.29. The van der Waals surface area contributed by atoms with Gasteiger partial charge in [0, 0.05) is 25.8 Å². The molecule has 0 atom stereocenters. The molecule has 4 heteroatoms. The van der Waals surface area contributed by atoms with Crippen LogP contribution in [-0.2, 0) is 6.54 Å². The molecule has 4 nitrogen and oxygen atoms in total. The van der Waals surface area contributed by atoms with Crippen molar-refractivity contribution in [3.63, 3.8) is 0 Å². The lowest BCUT2D eigenvalue weighted by molar-refractivity contribution is 0.0949. The number of nitrogens with zero attached hydrogens (tertiary/aromatic N) is 1. The molecule has 0 saturated carbocycles. The van der Waals surface area contributed by atoms with Crippen molar-refractivity contribution in [3.8, 4) is 0 Å². The van der Waals surface area contributed by atoms with Gasteiger partial charge >= 0.3 is 0 Å². The van der Waals surface area contributed by atoms with Crippen LogP contribution in [0.5, 0.6) is 0 Å². The van der Waals surface area contributed by atoms with Crippen LogP contribution in [-0.4, -0.2) is 23.6 Å². The summed E-state index contributed by atoms with van der Waals surface area (Å²) in [7, 11) is 0. The van der Waals surface area contributed by atoms with Crippen molar-refractivity contribution in [2.24, 2.45) is 5.73 Å². The molecule has 0 aliphatic heterocycles. The Balaban J connectivity index is 2.50. The number of carbonyl (C=O) groups is 1. The highest BCUT2D eigenvalue weighted by atomic mass is 16.1. The highest BCUT2D eigenvalue weighted by molar-refractivity contribution is 5.92. The zero-order valence-corrected chi connectivity index (χ0v) is 8.94. The van der Waals surface area contributed by atoms with E-state index in [0.717, 1.165) is 6.54 Å². The summed E-state index contributed by atoms with van der Waals surface area (Å²) in [6.45, 7) is 3.83. The number of aromatic nitrogens is 1. The van der Waals surface area contributed by atoms with E-state index in [-0.39, 0.29) is 5.91 Å². The fourth-order valence-corrected chi connectivity index (χ4v) is 1.32. The maximum absolute atomic E-state index is 11.7. The Morgan fingerprint density at radius 1 is 1.60 bits per heavy atom. The number of rotatable bonds is 5. The third-order valence-corrected chi connectivity index (χ3v) is 2.09. The van der Waals surface area contributed by atoms with E-state index in [1.165, 1.54) is 0 Å². The van der Waals surface area contributed by atoms with Crippen LogP contribution >= 0.6 is 0 Å².